The maximum atomic E-state index is 11.3. The zero-order valence-electron chi connectivity index (χ0n) is 10.9. The number of unbranched alkanes of at least 4 members (excludes halogenated alkanes) is 1. The van der Waals surface area contributed by atoms with Gasteiger partial charge in [0.25, 0.3) is 0 Å². The molecule has 0 radical (unpaired) electrons. The summed E-state index contributed by atoms with van der Waals surface area (Å²) in [4.78, 5) is 33.1. The van der Waals surface area contributed by atoms with Gasteiger partial charge in [0, 0.05) is 13.5 Å². The van der Waals surface area contributed by atoms with Crippen LogP contribution in [0, 0.1) is 0 Å². The number of carbonyl (C=O) groups is 3. The predicted octanol–water partition coefficient (Wildman–Crippen LogP) is -1.39. The van der Waals surface area contributed by atoms with E-state index in [0.717, 1.165) is 6.42 Å². The van der Waals surface area contributed by atoms with E-state index in [9.17, 15) is 14.4 Å². The minimum Gasteiger partial charge on any atom is -0.368 e. The molecular weight excluding hydrogens is 236 g/mol. The second kappa shape index (κ2) is 8.46. The minimum absolute atomic E-state index is 0.0910. The van der Waals surface area contributed by atoms with Gasteiger partial charge in [-0.05, 0) is 26.2 Å². The zero-order chi connectivity index (χ0) is 14.1. The fraction of sp³-hybridized carbons (Fsp3) is 0.727. The third-order valence-corrected chi connectivity index (χ3v) is 2.37. The number of primary amides is 1. The third-order valence-electron chi connectivity index (χ3n) is 2.37. The summed E-state index contributed by atoms with van der Waals surface area (Å²) >= 11 is 0. The summed E-state index contributed by atoms with van der Waals surface area (Å²) in [6, 6.07) is -1.38. The molecule has 18 heavy (non-hydrogen) atoms. The van der Waals surface area contributed by atoms with E-state index in [-0.39, 0.29) is 5.91 Å². The summed E-state index contributed by atoms with van der Waals surface area (Å²) in [5.41, 5.74) is 10.6. The van der Waals surface area contributed by atoms with Crippen molar-refractivity contribution < 1.29 is 14.4 Å². The van der Waals surface area contributed by atoms with Crippen molar-refractivity contribution in [2.75, 3.05) is 6.54 Å². The lowest BCUT2D eigenvalue weighted by Gasteiger charge is -2.16. The van der Waals surface area contributed by atoms with Crippen LogP contribution in [0.5, 0.6) is 0 Å². The Morgan fingerprint density at radius 2 is 1.83 bits per heavy atom. The summed E-state index contributed by atoms with van der Waals surface area (Å²) in [6.07, 6.45) is 1.83. The van der Waals surface area contributed by atoms with Gasteiger partial charge in [-0.2, -0.15) is 0 Å². The van der Waals surface area contributed by atoms with E-state index in [1.165, 1.54) is 13.8 Å². The second-order valence-electron chi connectivity index (χ2n) is 4.23. The minimum atomic E-state index is -0.708. The van der Waals surface area contributed by atoms with Gasteiger partial charge < -0.3 is 22.1 Å². The van der Waals surface area contributed by atoms with Gasteiger partial charge >= 0.3 is 0 Å². The molecular formula is C11H22N4O3. The van der Waals surface area contributed by atoms with Crippen LogP contribution in [-0.4, -0.2) is 36.3 Å². The topological polar surface area (TPSA) is 127 Å². The van der Waals surface area contributed by atoms with E-state index in [2.05, 4.69) is 10.6 Å². The average molecular weight is 258 g/mol. The number of nitrogens with two attached hydrogens (primary N) is 2. The molecule has 7 nitrogen and oxygen atoms in total. The Hall–Kier alpha value is -1.63. The molecule has 0 saturated heterocycles. The van der Waals surface area contributed by atoms with E-state index in [4.69, 9.17) is 11.5 Å². The van der Waals surface area contributed by atoms with Crippen LogP contribution >= 0.6 is 0 Å². The molecule has 0 aliphatic rings. The number of nitrogens with one attached hydrogen (secondary N) is 2. The SMILES string of the molecule is CC(=O)NCCCC[C@H](NC(=O)[C@H](C)N)C(N)=O. The van der Waals surface area contributed by atoms with E-state index < -0.39 is 23.9 Å². The zero-order valence-corrected chi connectivity index (χ0v) is 10.9. The van der Waals surface area contributed by atoms with Gasteiger partial charge in [-0.1, -0.05) is 0 Å². The molecule has 0 aliphatic carbocycles. The van der Waals surface area contributed by atoms with Gasteiger partial charge in [0.2, 0.25) is 17.7 Å². The average Bonchev–Trinajstić information content (AvgIpc) is 2.25. The molecule has 0 saturated carbocycles. The molecule has 2 atom stereocenters. The van der Waals surface area contributed by atoms with Crippen molar-refractivity contribution in [2.45, 2.75) is 45.2 Å². The number of carbonyl (C=O) groups excluding carboxylic acids is 3. The van der Waals surface area contributed by atoms with Crippen LogP contribution in [0.3, 0.4) is 0 Å². The van der Waals surface area contributed by atoms with E-state index in [0.29, 0.717) is 19.4 Å². The van der Waals surface area contributed by atoms with Crippen LogP contribution in [0.1, 0.15) is 33.1 Å². The van der Waals surface area contributed by atoms with E-state index in [1.807, 2.05) is 0 Å². The molecule has 7 heteroatoms. The Morgan fingerprint density at radius 3 is 2.28 bits per heavy atom. The van der Waals surface area contributed by atoms with Crippen molar-refractivity contribution in [3.63, 3.8) is 0 Å². The number of hydrogen-bond donors (Lipinski definition) is 4. The predicted molar refractivity (Wildman–Crippen MR) is 67.3 cm³/mol. The number of amides is 3. The smallest absolute Gasteiger partial charge is 0.240 e. The molecule has 0 spiro atoms. The molecule has 0 aromatic heterocycles. The highest BCUT2D eigenvalue weighted by atomic mass is 16.2. The second-order valence-corrected chi connectivity index (χ2v) is 4.23. The van der Waals surface area contributed by atoms with Crippen LogP contribution in [0.4, 0.5) is 0 Å². The van der Waals surface area contributed by atoms with Crippen molar-refractivity contribution in [1.29, 1.82) is 0 Å². The maximum Gasteiger partial charge on any atom is 0.240 e. The van der Waals surface area contributed by atoms with Crippen molar-refractivity contribution in [3.8, 4) is 0 Å². The van der Waals surface area contributed by atoms with Crippen molar-refractivity contribution in [2.24, 2.45) is 11.5 Å². The van der Waals surface area contributed by atoms with E-state index >= 15 is 0 Å². The summed E-state index contributed by atoms with van der Waals surface area (Å²) < 4.78 is 0. The van der Waals surface area contributed by atoms with Gasteiger partial charge in [0.1, 0.15) is 6.04 Å². The van der Waals surface area contributed by atoms with Crippen LogP contribution in [0.25, 0.3) is 0 Å². The number of hydrogen-bond acceptors (Lipinski definition) is 4. The quantitative estimate of drug-likeness (QED) is 0.400. The Bertz CT molecular complexity index is 305. The monoisotopic (exact) mass is 258 g/mol. The van der Waals surface area contributed by atoms with E-state index in [1.54, 1.807) is 0 Å². The van der Waals surface area contributed by atoms with Gasteiger partial charge in [-0.25, -0.2) is 0 Å². The standard InChI is InChI=1S/C11H22N4O3/c1-7(12)11(18)15-9(10(13)17)5-3-4-6-14-8(2)16/h7,9H,3-6,12H2,1-2H3,(H2,13,17)(H,14,16)(H,15,18)/t7-,9-/m0/s1. The fourth-order valence-electron chi connectivity index (χ4n) is 1.33. The lowest BCUT2D eigenvalue weighted by molar-refractivity contribution is -0.128. The van der Waals surface area contributed by atoms with Gasteiger partial charge in [0.05, 0.1) is 6.04 Å². The molecule has 0 aromatic carbocycles. The van der Waals surface area contributed by atoms with Gasteiger partial charge in [-0.3, -0.25) is 14.4 Å². The lowest BCUT2D eigenvalue weighted by atomic mass is 10.1. The third kappa shape index (κ3) is 7.61. The first-order valence-corrected chi connectivity index (χ1v) is 5.94. The highest BCUT2D eigenvalue weighted by Gasteiger charge is 2.19. The first-order chi connectivity index (χ1) is 8.34. The Balaban J connectivity index is 3.95. The normalized spacial score (nSPS) is 13.5. The highest BCUT2D eigenvalue weighted by Crippen LogP contribution is 2.00. The lowest BCUT2D eigenvalue weighted by Crippen LogP contribution is -2.49. The van der Waals surface area contributed by atoms with Crippen molar-refractivity contribution in [1.82, 2.24) is 10.6 Å². The molecule has 6 N–H and O–H groups in total. The first kappa shape index (κ1) is 16.4. The maximum absolute atomic E-state index is 11.3. The van der Waals surface area contributed by atoms with Crippen molar-refractivity contribution >= 4 is 17.7 Å². The van der Waals surface area contributed by atoms with Crippen LogP contribution in [0.15, 0.2) is 0 Å². The van der Waals surface area contributed by atoms with Crippen LogP contribution in [0.2, 0.25) is 0 Å². The summed E-state index contributed by atoms with van der Waals surface area (Å²) in [5.74, 6) is -1.07. The molecule has 0 bridgehead atoms. The Kier molecular flexibility index (Phi) is 7.69. The summed E-state index contributed by atoms with van der Waals surface area (Å²) in [5, 5.41) is 5.13. The molecule has 104 valence electrons. The largest absolute Gasteiger partial charge is 0.368 e. The highest BCUT2D eigenvalue weighted by molar-refractivity contribution is 5.88. The molecule has 0 aliphatic heterocycles. The molecule has 0 rings (SSSR count). The molecule has 0 unspecified atom stereocenters. The summed E-state index contributed by atoms with van der Waals surface area (Å²) in [6.45, 7) is 3.52. The van der Waals surface area contributed by atoms with Gasteiger partial charge in [-0.15, -0.1) is 0 Å². The molecule has 3 amide bonds. The Morgan fingerprint density at radius 1 is 1.22 bits per heavy atom. The van der Waals surface area contributed by atoms with Gasteiger partial charge in [0.15, 0.2) is 0 Å². The summed E-state index contributed by atoms with van der Waals surface area (Å²) in [7, 11) is 0. The van der Waals surface area contributed by atoms with Crippen LogP contribution < -0.4 is 22.1 Å². The molecule has 0 heterocycles. The molecule has 0 fully saturated rings. The van der Waals surface area contributed by atoms with Crippen LogP contribution in [-0.2, 0) is 14.4 Å². The Labute approximate surface area is 107 Å². The first-order valence-electron chi connectivity index (χ1n) is 5.94. The fourth-order valence-corrected chi connectivity index (χ4v) is 1.33. The number of rotatable bonds is 8. The molecule has 0 aromatic rings. The van der Waals surface area contributed by atoms with Crippen molar-refractivity contribution in [3.05, 3.63) is 0 Å².